The fourth-order valence-electron chi connectivity index (χ4n) is 3.96. The Morgan fingerprint density at radius 2 is 1.97 bits per heavy atom. The average molecular weight is 453 g/mol. The van der Waals surface area contributed by atoms with Crippen LogP contribution in [0.25, 0.3) is 0 Å². The van der Waals surface area contributed by atoms with E-state index in [0.29, 0.717) is 31.3 Å². The van der Waals surface area contributed by atoms with Crippen molar-refractivity contribution in [2.45, 2.75) is 77.5 Å². The van der Waals surface area contributed by atoms with Crippen LogP contribution < -0.4 is 4.74 Å². The minimum absolute atomic E-state index is 0.0578. The third-order valence-corrected chi connectivity index (χ3v) is 5.54. The lowest BCUT2D eigenvalue weighted by molar-refractivity contribution is -0.147. The highest BCUT2D eigenvalue weighted by Crippen LogP contribution is 2.35. The molecule has 32 heavy (non-hydrogen) atoms. The number of benzene rings is 1. The molecule has 0 bridgehead atoms. The van der Waals surface area contributed by atoms with Crippen molar-refractivity contribution >= 4 is 5.97 Å². The van der Waals surface area contributed by atoms with E-state index in [-0.39, 0.29) is 17.8 Å². The summed E-state index contributed by atoms with van der Waals surface area (Å²) in [6, 6.07) is 4.99. The molecule has 0 N–H and O–H groups in total. The lowest BCUT2D eigenvalue weighted by atomic mass is 9.92. The Kier molecular flexibility index (Phi) is 10.8. The number of halogens is 3. The van der Waals surface area contributed by atoms with Gasteiger partial charge < -0.3 is 9.47 Å². The number of unbranched alkanes of at least 4 members (excludes halogenated alkanes) is 1. The average Bonchev–Trinajstić information content (AvgIpc) is 3.16. The summed E-state index contributed by atoms with van der Waals surface area (Å²) in [4.78, 5) is 11.5. The zero-order valence-corrected chi connectivity index (χ0v) is 19.1. The third-order valence-electron chi connectivity index (χ3n) is 5.54. The van der Waals surface area contributed by atoms with Crippen molar-refractivity contribution in [1.29, 1.82) is 0 Å². The second kappa shape index (κ2) is 13.3. The number of hydrogen-bond donors (Lipinski definition) is 0. The van der Waals surface area contributed by atoms with E-state index in [1.165, 1.54) is 25.3 Å². The topological polar surface area (TPSA) is 35.5 Å². The lowest BCUT2D eigenvalue weighted by Crippen LogP contribution is -2.10. The van der Waals surface area contributed by atoms with E-state index in [4.69, 9.17) is 9.47 Å². The van der Waals surface area contributed by atoms with Gasteiger partial charge in [-0.25, -0.2) is 0 Å². The molecule has 0 radical (unpaired) electrons. The van der Waals surface area contributed by atoms with Gasteiger partial charge in [-0.05, 0) is 82.4 Å². The van der Waals surface area contributed by atoms with Crippen molar-refractivity contribution < 1.29 is 27.4 Å². The van der Waals surface area contributed by atoms with Gasteiger partial charge in [-0.3, -0.25) is 4.79 Å². The third kappa shape index (κ3) is 9.92. The number of hydrogen-bond acceptors (Lipinski definition) is 3. The van der Waals surface area contributed by atoms with Gasteiger partial charge in [0.05, 0.1) is 18.3 Å². The number of carbonyl (C=O) groups is 1. The first-order valence-corrected chi connectivity index (χ1v) is 11.6. The predicted molar refractivity (Wildman–Crippen MR) is 120 cm³/mol. The molecule has 0 amide bonds. The number of alkyl halides is 3. The maximum atomic E-state index is 12.8. The van der Waals surface area contributed by atoms with Crippen LogP contribution in [0.3, 0.4) is 0 Å². The fourth-order valence-corrected chi connectivity index (χ4v) is 3.96. The molecule has 6 heteroatoms. The molecule has 178 valence electrons. The molecular weight excluding hydrogens is 417 g/mol. The fraction of sp³-hybridized carbons (Fsp3) is 0.577. The van der Waals surface area contributed by atoms with Crippen molar-refractivity contribution in [2.75, 3.05) is 6.61 Å². The Bertz CT molecular complexity index is 753. The molecule has 0 saturated heterocycles. The molecule has 0 aliphatic heterocycles. The summed E-state index contributed by atoms with van der Waals surface area (Å²) < 4.78 is 48.9. The first kappa shape index (κ1) is 26.0. The minimum atomic E-state index is -4.36. The van der Waals surface area contributed by atoms with Gasteiger partial charge in [0.25, 0.3) is 0 Å². The Labute approximate surface area is 189 Å². The quantitative estimate of drug-likeness (QED) is 0.187. The molecule has 2 rings (SSSR count). The molecule has 1 fully saturated rings. The van der Waals surface area contributed by atoms with Crippen LogP contribution in [-0.4, -0.2) is 18.7 Å². The second-order valence-electron chi connectivity index (χ2n) is 8.58. The highest BCUT2D eigenvalue weighted by atomic mass is 19.4. The zero-order valence-electron chi connectivity index (χ0n) is 19.1. The lowest BCUT2D eigenvalue weighted by Gasteiger charge is -2.14. The van der Waals surface area contributed by atoms with E-state index in [0.717, 1.165) is 31.4 Å². The number of carbonyl (C=O) groups excluding carboxylic acids is 1. The number of ether oxygens (including phenoxy) is 2. The molecule has 1 aliphatic rings. The molecule has 0 aromatic heterocycles. The summed E-state index contributed by atoms with van der Waals surface area (Å²) in [6.07, 6.45) is 11.7. The normalized spacial score (nSPS) is 19.3. The molecule has 1 unspecified atom stereocenters. The largest absolute Gasteiger partial charge is 0.493 e. The number of esters is 1. The van der Waals surface area contributed by atoms with Crippen LogP contribution in [0.1, 0.15) is 70.8 Å². The van der Waals surface area contributed by atoms with Crippen LogP contribution in [-0.2, 0) is 15.7 Å². The van der Waals surface area contributed by atoms with Gasteiger partial charge in [0.2, 0.25) is 0 Å². The molecule has 1 aromatic carbocycles. The molecule has 3 nitrogen and oxygen atoms in total. The van der Waals surface area contributed by atoms with E-state index >= 15 is 0 Å². The molecule has 1 aromatic rings. The number of allylic oxidation sites excluding steroid dienone is 3. The van der Waals surface area contributed by atoms with Gasteiger partial charge in [-0.1, -0.05) is 36.8 Å². The van der Waals surface area contributed by atoms with Crippen molar-refractivity contribution in [3.8, 4) is 5.75 Å². The van der Waals surface area contributed by atoms with Crippen LogP contribution in [0.15, 0.2) is 48.6 Å². The second-order valence-corrected chi connectivity index (χ2v) is 8.58. The smallest absolute Gasteiger partial charge is 0.416 e. The van der Waals surface area contributed by atoms with Crippen LogP contribution in [0, 0.1) is 11.8 Å². The maximum Gasteiger partial charge on any atom is 0.416 e. The summed E-state index contributed by atoms with van der Waals surface area (Å²) in [7, 11) is 0. The van der Waals surface area contributed by atoms with Gasteiger partial charge in [-0.2, -0.15) is 13.2 Å². The molecular formula is C26H35F3O3. The summed E-state index contributed by atoms with van der Waals surface area (Å²) in [6.45, 7) is 4.07. The van der Waals surface area contributed by atoms with Gasteiger partial charge in [0.1, 0.15) is 5.75 Å². The summed E-state index contributed by atoms with van der Waals surface area (Å²) in [5.41, 5.74) is -0.692. The number of rotatable bonds is 12. The van der Waals surface area contributed by atoms with E-state index in [9.17, 15) is 18.0 Å². The van der Waals surface area contributed by atoms with E-state index in [1.54, 1.807) is 6.07 Å². The van der Waals surface area contributed by atoms with Crippen LogP contribution >= 0.6 is 0 Å². The highest BCUT2D eigenvalue weighted by molar-refractivity contribution is 5.69. The van der Waals surface area contributed by atoms with Gasteiger partial charge >= 0.3 is 12.1 Å². The molecule has 0 spiro atoms. The molecule has 1 aliphatic carbocycles. The highest BCUT2D eigenvalue weighted by Gasteiger charge is 2.30. The van der Waals surface area contributed by atoms with Gasteiger partial charge in [-0.15, -0.1) is 0 Å². The first-order chi connectivity index (χ1) is 15.3. The zero-order chi connectivity index (χ0) is 23.4. The summed E-state index contributed by atoms with van der Waals surface area (Å²) in [5.74, 6) is 1.27. The van der Waals surface area contributed by atoms with Crippen LogP contribution in [0.2, 0.25) is 0 Å². The Balaban J connectivity index is 1.65. The Morgan fingerprint density at radius 1 is 1.16 bits per heavy atom. The van der Waals surface area contributed by atoms with E-state index in [1.807, 2.05) is 13.8 Å². The minimum Gasteiger partial charge on any atom is -0.493 e. The molecule has 0 heterocycles. The van der Waals surface area contributed by atoms with Crippen LogP contribution in [0.4, 0.5) is 13.2 Å². The van der Waals surface area contributed by atoms with E-state index in [2.05, 4.69) is 24.3 Å². The summed E-state index contributed by atoms with van der Waals surface area (Å²) >= 11 is 0. The van der Waals surface area contributed by atoms with Crippen molar-refractivity contribution in [1.82, 2.24) is 0 Å². The Morgan fingerprint density at radius 3 is 2.72 bits per heavy atom. The van der Waals surface area contributed by atoms with Gasteiger partial charge in [0.15, 0.2) is 0 Å². The van der Waals surface area contributed by atoms with E-state index < -0.39 is 11.7 Å². The van der Waals surface area contributed by atoms with Gasteiger partial charge in [0, 0.05) is 6.42 Å². The monoisotopic (exact) mass is 452 g/mol. The first-order valence-electron chi connectivity index (χ1n) is 11.6. The maximum absolute atomic E-state index is 12.8. The SMILES string of the molecule is CC(C)OC(=O)CCC/C=C\C[C@H]1CCCC1/C=C/CCOc1cccc(C(F)(F)F)c1. The Hall–Kier alpha value is -2.24. The molecule has 1 saturated carbocycles. The van der Waals surface area contributed by atoms with Crippen molar-refractivity contribution in [3.05, 3.63) is 54.1 Å². The van der Waals surface area contributed by atoms with Crippen molar-refractivity contribution in [3.63, 3.8) is 0 Å². The van der Waals surface area contributed by atoms with Crippen molar-refractivity contribution in [2.24, 2.45) is 11.8 Å². The summed E-state index contributed by atoms with van der Waals surface area (Å²) in [5, 5.41) is 0. The predicted octanol–water partition coefficient (Wildman–Crippen LogP) is 7.52. The van der Waals surface area contributed by atoms with Crippen LogP contribution in [0.5, 0.6) is 5.75 Å². The molecule has 2 atom stereocenters. The standard InChI is InChI=1S/C26H35F3O3/c1-20(2)32-25(30)17-6-4-3-5-11-21-13-9-14-22(21)12-7-8-18-31-24-16-10-15-23(19-24)26(27,28)29/h3,5,7,10,12,15-16,19-22H,4,6,8-9,11,13-14,17-18H2,1-2H3/b5-3-,12-7+/t21-,22?/m0/s1.